The van der Waals surface area contributed by atoms with Crippen molar-refractivity contribution in [1.29, 1.82) is 0 Å². The normalized spacial score (nSPS) is 11.7. The molecule has 1 heterocycles. The maximum Gasteiger partial charge on any atom is 0.253 e. The summed E-state index contributed by atoms with van der Waals surface area (Å²) in [5.41, 5.74) is 4.28. The lowest BCUT2D eigenvalue weighted by Gasteiger charge is -2.19. The molecule has 0 bridgehead atoms. The molecule has 31 heavy (non-hydrogen) atoms. The monoisotopic (exact) mass is 410 g/mol. The molecule has 5 heteroatoms. The van der Waals surface area contributed by atoms with E-state index in [0.29, 0.717) is 5.56 Å². The van der Waals surface area contributed by atoms with Gasteiger partial charge in [0.15, 0.2) is 0 Å². The highest BCUT2D eigenvalue weighted by molar-refractivity contribution is 6.01. The summed E-state index contributed by atoms with van der Waals surface area (Å²) in [4.78, 5) is 17.3. The molecule has 0 fully saturated rings. The summed E-state index contributed by atoms with van der Waals surface area (Å²) in [6.45, 7) is 4.77. The largest absolute Gasteiger partial charge is 0.385 e. The molecule has 156 valence electrons. The summed E-state index contributed by atoms with van der Waals surface area (Å²) < 4.78 is 0. The Morgan fingerprint density at radius 1 is 0.935 bits per heavy atom. The Balaban J connectivity index is 1.60. The Bertz CT molecular complexity index is 1190. The minimum Gasteiger partial charge on any atom is -0.385 e. The summed E-state index contributed by atoms with van der Waals surface area (Å²) in [5.74, 6) is -0.116. The quantitative estimate of drug-likeness (QED) is 0.355. The Morgan fingerprint density at radius 2 is 1.71 bits per heavy atom. The summed E-state index contributed by atoms with van der Waals surface area (Å²) in [6.07, 6.45) is 3.46. The maximum absolute atomic E-state index is 13.3. The van der Waals surface area contributed by atoms with Gasteiger partial charge in [0.25, 0.3) is 5.91 Å². The predicted octanol–water partition coefficient (Wildman–Crippen LogP) is 5.90. The summed E-state index contributed by atoms with van der Waals surface area (Å²) in [7, 11) is 0. The van der Waals surface area contributed by atoms with Crippen molar-refractivity contribution >= 4 is 33.7 Å². The van der Waals surface area contributed by atoms with Crippen LogP contribution in [0.25, 0.3) is 10.8 Å². The maximum atomic E-state index is 13.3. The molecular weight excluding hydrogens is 384 g/mol. The zero-order chi connectivity index (χ0) is 21.6. The van der Waals surface area contributed by atoms with Gasteiger partial charge < -0.3 is 16.0 Å². The molecule has 0 aliphatic rings. The molecule has 0 unspecified atom stereocenters. The van der Waals surface area contributed by atoms with Gasteiger partial charge in [-0.2, -0.15) is 0 Å². The molecule has 3 N–H and O–H groups in total. The molecular formula is C26H26N4O. The number of amides is 1. The van der Waals surface area contributed by atoms with E-state index >= 15 is 0 Å². The Labute approximate surface area is 182 Å². The summed E-state index contributed by atoms with van der Waals surface area (Å²) >= 11 is 0. The molecule has 0 saturated carbocycles. The Morgan fingerprint density at radius 3 is 2.52 bits per heavy atom. The fourth-order valence-electron chi connectivity index (χ4n) is 3.74. The van der Waals surface area contributed by atoms with Gasteiger partial charge in [0.05, 0.1) is 11.6 Å². The van der Waals surface area contributed by atoms with Crippen LogP contribution in [0.3, 0.4) is 0 Å². The molecule has 0 saturated heterocycles. The second kappa shape index (κ2) is 9.30. The van der Waals surface area contributed by atoms with Crippen LogP contribution in [0.5, 0.6) is 0 Å². The SMILES string of the molecule is CCNc1ccc(Nc2ccncc2)cc1C(=O)N[C@H](C)c1cccc2ccccc12. The molecule has 0 spiro atoms. The zero-order valence-corrected chi connectivity index (χ0v) is 17.7. The van der Waals surface area contributed by atoms with E-state index in [4.69, 9.17) is 0 Å². The lowest BCUT2D eigenvalue weighted by atomic mass is 9.99. The molecule has 1 amide bonds. The van der Waals surface area contributed by atoms with Crippen LogP contribution in [0.15, 0.2) is 85.2 Å². The van der Waals surface area contributed by atoms with E-state index in [0.717, 1.165) is 39.9 Å². The van der Waals surface area contributed by atoms with Gasteiger partial charge in [-0.15, -0.1) is 0 Å². The van der Waals surface area contributed by atoms with E-state index in [1.165, 1.54) is 0 Å². The molecule has 3 aromatic carbocycles. The number of pyridine rings is 1. The number of fused-ring (bicyclic) bond motifs is 1. The zero-order valence-electron chi connectivity index (χ0n) is 17.7. The number of aromatic nitrogens is 1. The van der Waals surface area contributed by atoms with E-state index in [9.17, 15) is 4.79 Å². The van der Waals surface area contributed by atoms with Crippen LogP contribution < -0.4 is 16.0 Å². The van der Waals surface area contributed by atoms with Crippen molar-refractivity contribution < 1.29 is 4.79 Å². The average molecular weight is 411 g/mol. The van der Waals surface area contributed by atoms with Gasteiger partial charge in [-0.1, -0.05) is 42.5 Å². The predicted molar refractivity (Wildman–Crippen MR) is 128 cm³/mol. The van der Waals surface area contributed by atoms with Crippen molar-refractivity contribution in [1.82, 2.24) is 10.3 Å². The number of nitrogens with one attached hydrogen (secondary N) is 3. The van der Waals surface area contributed by atoms with Crippen LogP contribution in [0, 0.1) is 0 Å². The van der Waals surface area contributed by atoms with Crippen molar-refractivity contribution in [3.05, 3.63) is 96.3 Å². The minimum absolute atomic E-state index is 0.116. The number of hydrogen-bond acceptors (Lipinski definition) is 4. The van der Waals surface area contributed by atoms with Crippen LogP contribution in [-0.2, 0) is 0 Å². The van der Waals surface area contributed by atoms with Gasteiger partial charge in [-0.25, -0.2) is 0 Å². The molecule has 1 atom stereocenters. The number of benzene rings is 3. The van der Waals surface area contributed by atoms with E-state index in [2.05, 4.69) is 45.2 Å². The number of carbonyl (C=O) groups excluding carboxylic acids is 1. The van der Waals surface area contributed by atoms with Gasteiger partial charge in [0, 0.05) is 36.0 Å². The molecule has 4 aromatic rings. The second-order valence-electron chi connectivity index (χ2n) is 7.42. The number of rotatable bonds is 7. The van der Waals surface area contributed by atoms with Crippen molar-refractivity contribution in [2.24, 2.45) is 0 Å². The van der Waals surface area contributed by atoms with Crippen LogP contribution in [0.4, 0.5) is 17.1 Å². The molecule has 4 rings (SSSR count). The van der Waals surface area contributed by atoms with Crippen LogP contribution in [-0.4, -0.2) is 17.4 Å². The highest BCUT2D eigenvalue weighted by atomic mass is 16.1. The van der Waals surface area contributed by atoms with Crippen LogP contribution in [0.2, 0.25) is 0 Å². The lowest BCUT2D eigenvalue weighted by molar-refractivity contribution is 0.0941. The van der Waals surface area contributed by atoms with Crippen LogP contribution in [0.1, 0.15) is 35.8 Å². The van der Waals surface area contributed by atoms with Crippen molar-refractivity contribution in [3.63, 3.8) is 0 Å². The number of hydrogen-bond donors (Lipinski definition) is 3. The van der Waals surface area contributed by atoms with Gasteiger partial charge in [0.2, 0.25) is 0 Å². The van der Waals surface area contributed by atoms with Gasteiger partial charge in [-0.05, 0) is 60.5 Å². The van der Waals surface area contributed by atoms with Crippen molar-refractivity contribution in [2.75, 3.05) is 17.2 Å². The van der Waals surface area contributed by atoms with Gasteiger partial charge >= 0.3 is 0 Å². The highest BCUT2D eigenvalue weighted by Crippen LogP contribution is 2.27. The van der Waals surface area contributed by atoms with E-state index in [1.54, 1.807) is 12.4 Å². The number of anilines is 3. The van der Waals surface area contributed by atoms with E-state index < -0.39 is 0 Å². The lowest BCUT2D eigenvalue weighted by Crippen LogP contribution is -2.27. The first-order valence-corrected chi connectivity index (χ1v) is 10.5. The average Bonchev–Trinajstić information content (AvgIpc) is 2.80. The highest BCUT2D eigenvalue weighted by Gasteiger charge is 2.17. The second-order valence-corrected chi connectivity index (χ2v) is 7.42. The third kappa shape index (κ3) is 4.67. The van der Waals surface area contributed by atoms with Gasteiger partial charge in [-0.3, -0.25) is 9.78 Å². The number of nitrogens with zero attached hydrogens (tertiary/aromatic N) is 1. The standard InChI is InChI=1S/C26H26N4O/c1-3-28-25-12-11-21(30-20-13-15-27-16-14-20)17-24(25)26(31)29-18(2)22-10-6-8-19-7-4-5-9-23(19)22/h4-18,28H,3H2,1-2H3,(H,27,30)(H,29,31)/t18-/m1/s1. The molecule has 0 aliphatic carbocycles. The molecule has 5 nitrogen and oxygen atoms in total. The van der Waals surface area contributed by atoms with Gasteiger partial charge in [0.1, 0.15) is 0 Å². The first-order valence-electron chi connectivity index (χ1n) is 10.5. The fourth-order valence-corrected chi connectivity index (χ4v) is 3.74. The van der Waals surface area contributed by atoms with Crippen molar-refractivity contribution in [3.8, 4) is 0 Å². The Hall–Kier alpha value is -3.86. The summed E-state index contributed by atoms with van der Waals surface area (Å²) in [6, 6.07) is 23.8. The third-order valence-corrected chi connectivity index (χ3v) is 5.24. The topological polar surface area (TPSA) is 66.0 Å². The minimum atomic E-state index is -0.134. The summed E-state index contributed by atoms with van der Waals surface area (Å²) in [5, 5.41) is 12.1. The third-order valence-electron chi connectivity index (χ3n) is 5.24. The molecule has 1 aromatic heterocycles. The fraction of sp³-hybridized carbons (Fsp3) is 0.154. The Kier molecular flexibility index (Phi) is 6.13. The van der Waals surface area contributed by atoms with E-state index in [1.807, 2.05) is 62.4 Å². The van der Waals surface area contributed by atoms with Crippen molar-refractivity contribution in [2.45, 2.75) is 19.9 Å². The van der Waals surface area contributed by atoms with Crippen LogP contribution >= 0.6 is 0 Å². The van der Waals surface area contributed by atoms with E-state index in [-0.39, 0.29) is 11.9 Å². The molecule has 0 radical (unpaired) electrons. The first-order chi connectivity index (χ1) is 15.2. The first kappa shape index (κ1) is 20.4. The smallest absolute Gasteiger partial charge is 0.253 e. The molecule has 0 aliphatic heterocycles. The number of carbonyl (C=O) groups is 1.